The van der Waals surface area contributed by atoms with Crippen molar-refractivity contribution in [3.05, 3.63) is 71.0 Å². The zero-order valence-corrected chi connectivity index (χ0v) is 19.0. The minimum absolute atomic E-state index is 0.0218. The van der Waals surface area contributed by atoms with Crippen molar-refractivity contribution in [1.82, 2.24) is 20.3 Å². The summed E-state index contributed by atoms with van der Waals surface area (Å²) < 4.78 is 7.00. The molecule has 1 unspecified atom stereocenters. The first-order valence-electron chi connectivity index (χ1n) is 11.1. The second-order valence-electron chi connectivity index (χ2n) is 9.19. The number of aryl methyl sites for hydroxylation is 2. The molecule has 1 amide bonds. The number of hydrogen-bond donors (Lipinski definition) is 1. The van der Waals surface area contributed by atoms with Crippen LogP contribution in [-0.4, -0.2) is 34.1 Å². The first-order chi connectivity index (χ1) is 15.4. The Morgan fingerprint density at radius 2 is 1.97 bits per heavy atom. The number of anilines is 1. The molecule has 0 saturated carbocycles. The van der Waals surface area contributed by atoms with E-state index in [9.17, 15) is 4.79 Å². The average Bonchev–Trinajstić information content (AvgIpc) is 3.30. The number of carbonyl (C=O) groups is 1. The summed E-state index contributed by atoms with van der Waals surface area (Å²) in [7, 11) is 3.53. The molecule has 1 aromatic heterocycles. The molecule has 3 heterocycles. The Kier molecular flexibility index (Phi) is 5.01. The summed E-state index contributed by atoms with van der Waals surface area (Å²) in [6.45, 7) is 4.77. The fourth-order valence-corrected chi connectivity index (χ4v) is 5.35. The van der Waals surface area contributed by atoms with Crippen molar-refractivity contribution in [2.45, 2.75) is 50.7 Å². The van der Waals surface area contributed by atoms with Gasteiger partial charge in [-0.25, -0.2) is 0 Å². The van der Waals surface area contributed by atoms with E-state index in [2.05, 4.69) is 47.7 Å². The van der Waals surface area contributed by atoms with Crippen LogP contribution in [0, 0.1) is 6.92 Å². The monoisotopic (exact) mass is 431 g/mol. The van der Waals surface area contributed by atoms with Gasteiger partial charge >= 0.3 is 0 Å². The Morgan fingerprint density at radius 1 is 1.19 bits per heavy atom. The maximum atomic E-state index is 14.1. The van der Waals surface area contributed by atoms with Crippen molar-refractivity contribution in [2.24, 2.45) is 7.05 Å². The van der Waals surface area contributed by atoms with Gasteiger partial charge in [-0.3, -0.25) is 9.48 Å². The van der Waals surface area contributed by atoms with Gasteiger partial charge in [0.1, 0.15) is 5.75 Å². The van der Waals surface area contributed by atoms with E-state index in [4.69, 9.17) is 4.74 Å². The third kappa shape index (κ3) is 3.37. The molecule has 5 rings (SSSR count). The molecule has 2 aliphatic heterocycles. The number of ether oxygens (including phenoxy) is 1. The molecule has 166 valence electrons. The fraction of sp³-hybridized carbons (Fsp3) is 0.400. The van der Waals surface area contributed by atoms with E-state index in [1.165, 1.54) is 0 Å². The fourth-order valence-electron chi connectivity index (χ4n) is 5.35. The number of hydrogen-bond acceptors (Lipinski definition) is 5. The van der Waals surface area contributed by atoms with Crippen LogP contribution >= 0.6 is 0 Å². The van der Waals surface area contributed by atoms with Crippen molar-refractivity contribution >= 4 is 11.6 Å². The Bertz CT molecular complexity index is 1160. The molecule has 1 N–H and O–H groups in total. The molecule has 7 heteroatoms. The molecule has 3 atom stereocenters. The van der Waals surface area contributed by atoms with Gasteiger partial charge in [-0.05, 0) is 61.6 Å². The van der Waals surface area contributed by atoms with Crippen molar-refractivity contribution in [1.29, 1.82) is 0 Å². The average molecular weight is 432 g/mol. The first-order valence-corrected chi connectivity index (χ1v) is 11.1. The maximum absolute atomic E-state index is 14.1. The van der Waals surface area contributed by atoms with E-state index in [1.54, 1.807) is 11.8 Å². The standard InChI is InChI=1S/C25H29N5O2/c1-16-5-10-20-23(11-16)30(14-18-6-8-19(32-4)9-7-18)24(31)25(20)12-17(2)26-21(13-25)22-15-29(3)28-27-22/h5-11,15,17,21,26H,12-14H2,1-4H3/t17-,21-,25?/m0/s1. The van der Waals surface area contributed by atoms with E-state index in [0.29, 0.717) is 13.0 Å². The molecule has 3 aromatic rings. The highest BCUT2D eigenvalue weighted by Gasteiger charge is 2.54. The highest BCUT2D eigenvalue weighted by Crippen LogP contribution is 2.51. The van der Waals surface area contributed by atoms with Crippen molar-refractivity contribution in [2.75, 3.05) is 12.0 Å². The minimum Gasteiger partial charge on any atom is -0.497 e. The lowest BCUT2D eigenvalue weighted by Gasteiger charge is -2.40. The molecular formula is C25H29N5O2. The number of methoxy groups -OCH3 is 1. The van der Waals surface area contributed by atoms with Gasteiger partial charge in [-0.2, -0.15) is 0 Å². The number of piperidine rings is 1. The number of rotatable bonds is 4. The van der Waals surface area contributed by atoms with Gasteiger partial charge in [0.2, 0.25) is 5.91 Å². The minimum atomic E-state index is -0.567. The zero-order valence-electron chi connectivity index (χ0n) is 19.0. The van der Waals surface area contributed by atoms with Crippen LogP contribution in [0.2, 0.25) is 0 Å². The smallest absolute Gasteiger partial charge is 0.238 e. The highest BCUT2D eigenvalue weighted by molar-refractivity contribution is 6.08. The zero-order chi connectivity index (χ0) is 22.5. The summed E-state index contributed by atoms with van der Waals surface area (Å²) in [6, 6.07) is 14.5. The molecule has 1 spiro atoms. The van der Waals surface area contributed by atoms with Crippen LogP contribution in [0.25, 0.3) is 0 Å². The molecule has 1 saturated heterocycles. The van der Waals surface area contributed by atoms with E-state index >= 15 is 0 Å². The van der Waals surface area contributed by atoms with E-state index in [-0.39, 0.29) is 18.0 Å². The largest absolute Gasteiger partial charge is 0.497 e. The number of amides is 1. The molecule has 2 aliphatic rings. The quantitative estimate of drug-likeness (QED) is 0.685. The van der Waals surface area contributed by atoms with E-state index in [1.807, 2.05) is 42.4 Å². The first kappa shape index (κ1) is 20.7. The summed E-state index contributed by atoms with van der Waals surface area (Å²) >= 11 is 0. The van der Waals surface area contributed by atoms with Crippen molar-refractivity contribution in [3.63, 3.8) is 0 Å². The van der Waals surface area contributed by atoms with Gasteiger partial charge in [-0.15, -0.1) is 5.10 Å². The van der Waals surface area contributed by atoms with E-state index < -0.39 is 5.41 Å². The van der Waals surface area contributed by atoms with Gasteiger partial charge in [0.05, 0.1) is 30.8 Å². The predicted molar refractivity (Wildman–Crippen MR) is 123 cm³/mol. The van der Waals surface area contributed by atoms with Crippen LogP contribution in [-0.2, 0) is 23.8 Å². The van der Waals surface area contributed by atoms with Crippen LogP contribution in [0.15, 0.2) is 48.7 Å². The molecule has 2 aromatic carbocycles. The summed E-state index contributed by atoms with van der Waals surface area (Å²) in [5, 5.41) is 12.1. The number of aromatic nitrogens is 3. The number of carbonyl (C=O) groups excluding carboxylic acids is 1. The molecular weight excluding hydrogens is 402 g/mol. The SMILES string of the molecule is COc1ccc(CN2C(=O)C3(C[C@@H](c4cn(C)nn4)N[C@@H](C)C3)c3ccc(C)cc32)cc1. The van der Waals surface area contributed by atoms with Crippen LogP contribution < -0.4 is 15.0 Å². The Hall–Kier alpha value is -3.19. The van der Waals surface area contributed by atoms with Crippen LogP contribution in [0.4, 0.5) is 5.69 Å². The summed E-state index contributed by atoms with van der Waals surface area (Å²) in [4.78, 5) is 16.1. The summed E-state index contributed by atoms with van der Waals surface area (Å²) in [6.07, 6.45) is 3.37. The van der Waals surface area contributed by atoms with Gasteiger partial charge in [0.25, 0.3) is 0 Å². The molecule has 7 nitrogen and oxygen atoms in total. The van der Waals surface area contributed by atoms with Gasteiger partial charge < -0.3 is 15.0 Å². The lowest BCUT2D eigenvalue weighted by molar-refractivity contribution is -0.125. The lowest BCUT2D eigenvalue weighted by Crippen LogP contribution is -2.51. The Morgan fingerprint density at radius 3 is 2.66 bits per heavy atom. The van der Waals surface area contributed by atoms with E-state index in [0.717, 1.165) is 40.2 Å². The molecule has 0 aliphatic carbocycles. The van der Waals surface area contributed by atoms with Crippen molar-refractivity contribution < 1.29 is 9.53 Å². The number of fused-ring (bicyclic) bond motifs is 2. The van der Waals surface area contributed by atoms with Gasteiger partial charge in [0, 0.05) is 25.0 Å². The molecule has 0 radical (unpaired) electrons. The molecule has 1 fully saturated rings. The summed E-state index contributed by atoms with van der Waals surface area (Å²) in [5.41, 5.74) is 4.70. The highest BCUT2D eigenvalue weighted by atomic mass is 16.5. The second kappa shape index (κ2) is 7.74. The number of nitrogens with zero attached hydrogens (tertiary/aromatic N) is 4. The van der Waals surface area contributed by atoms with Crippen LogP contribution in [0.5, 0.6) is 5.75 Å². The van der Waals surface area contributed by atoms with Crippen molar-refractivity contribution in [3.8, 4) is 5.75 Å². The Labute approximate surface area is 188 Å². The topological polar surface area (TPSA) is 72.3 Å². The van der Waals surface area contributed by atoms with Crippen LogP contribution in [0.1, 0.15) is 48.2 Å². The van der Waals surface area contributed by atoms with Crippen LogP contribution in [0.3, 0.4) is 0 Å². The lowest BCUT2D eigenvalue weighted by atomic mass is 9.69. The summed E-state index contributed by atoms with van der Waals surface area (Å²) in [5.74, 6) is 0.990. The predicted octanol–water partition coefficient (Wildman–Crippen LogP) is 3.43. The third-order valence-electron chi connectivity index (χ3n) is 6.78. The van der Waals surface area contributed by atoms with Gasteiger partial charge in [0.15, 0.2) is 0 Å². The molecule has 32 heavy (non-hydrogen) atoms. The normalized spacial score (nSPS) is 24.8. The number of nitrogens with one attached hydrogen (secondary N) is 1. The Balaban J connectivity index is 1.54. The number of benzene rings is 2. The molecule has 0 bridgehead atoms. The maximum Gasteiger partial charge on any atom is 0.238 e. The van der Waals surface area contributed by atoms with Gasteiger partial charge in [-0.1, -0.05) is 29.5 Å². The second-order valence-corrected chi connectivity index (χ2v) is 9.19. The third-order valence-corrected chi connectivity index (χ3v) is 6.78.